The van der Waals surface area contributed by atoms with E-state index in [1.807, 2.05) is 19.0 Å². The molecule has 1 aliphatic heterocycles. The maximum Gasteiger partial charge on any atom is 0.319 e. The van der Waals surface area contributed by atoms with Gasteiger partial charge in [-0.15, -0.1) is 0 Å². The van der Waals surface area contributed by atoms with Gasteiger partial charge < -0.3 is 15.1 Å². The molecule has 0 spiro atoms. The first kappa shape index (κ1) is 15.8. The molecular weight excluding hydrogens is 262 g/mol. The zero-order valence-corrected chi connectivity index (χ0v) is 13.4. The molecule has 1 unspecified atom stereocenters. The molecule has 2 rings (SSSR count). The topological polar surface area (TPSA) is 35.6 Å². The number of rotatable bonds is 4. The van der Waals surface area contributed by atoms with Gasteiger partial charge in [-0.05, 0) is 31.7 Å². The number of hydrogen-bond donors (Lipinski definition) is 1. The third kappa shape index (κ3) is 4.74. The lowest BCUT2D eigenvalue weighted by atomic mass is 10.0. The van der Waals surface area contributed by atoms with Gasteiger partial charge in [0.1, 0.15) is 0 Å². The number of nitrogens with zero attached hydrogens (tertiary/aromatic N) is 2. The molecule has 1 atom stereocenters. The Morgan fingerprint density at radius 1 is 1.29 bits per heavy atom. The highest BCUT2D eigenvalue weighted by Crippen LogP contribution is 2.13. The van der Waals surface area contributed by atoms with Crippen LogP contribution < -0.4 is 5.32 Å². The molecule has 1 aromatic carbocycles. The summed E-state index contributed by atoms with van der Waals surface area (Å²) in [5.74, 6) is 0. The van der Waals surface area contributed by atoms with Gasteiger partial charge in [0, 0.05) is 39.3 Å². The van der Waals surface area contributed by atoms with E-state index in [1.54, 1.807) is 4.90 Å². The molecular formula is C17H27N3O. The Hall–Kier alpha value is -1.55. The van der Waals surface area contributed by atoms with E-state index in [9.17, 15) is 4.79 Å². The number of carbonyl (C=O) groups excluding carboxylic acids is 1. The minimum Gasteiger partial charge on any atom is -0.331 e. The largest absolute Gasteiger partial charge is 0.331 e. The van der Waals surface area contributed by atoms with Crippen molar-refractivity contribution in [1.29, 1.82) is 0 Å². The van der Waals surface area contributed by atoms with Crippen LogP contribution in [0, 0.1) is 0 Å². The molecule has 4 nitrogen and oxygen atoms in total. The number of likely N-dealkylation sites (tertiary alicyclic amines) is 1. The van der Waals surface area contributed by atoms with Crippen molar-refractivity contribution in [2.75, 3.05) is 27.2 Å². The van der Waals surface area contributed by atoms with Gasteiger partial charge in [-0.25, -0.2) is 4.79 Å². The van der Waals surface area contributed by atoms with Crippen LogP contribution in [-0.4, -0.2) is 55.1 Å². The molecule has 21 heavy (non-hydrogen) atoms. The summed E-state index contributed by atoms with van der Waals surface area (Å²) in [7, 11) is 3.63. The molecule has 0 bridgehead atoms. The fraction of sp³-hybridized carbons (Fsp3) is 0.588. The molecule has 1 saturated heterocycles. The second kappa shape index (κ2) is 7.46. The molecule has 1 fully saturated rings. The predicted molar refractivity (Wildman–Crippen MR) is 86.4 cm³/mol. The Labute approximate surface area is 128 Å². The minimum absolute atomic E-state index is 0.130. The number of urea groups is 1. The zero-order chi connectivity index (χ0) is 15.2. The van der Waals surface area contributed by atoms with Gasteiger partial charge in [0.2, 0.25) is 0 Å². The third-order valence-corrected chi connectivity index (χ3v) is 4.05. The second-order valence-electron chi connectivity index (χ2n) is 6.20. The molecule has 1 N–H and O–H groups in total. The van der Waals surface area contributed by atoms with Crippen LogP contribution in [0.15, 0.2) is 30.3 Å². The lowest BCUT2D eigenvalue weighted by molar-refractivity contribution is 0.151. The van der Waals surface area contributed by atoms with Gasteiger partial charge in [0.15, 0.2) is 0 Å². The van der Waals surface area contributed by atoms with Crippen molar-refractivity contribution in [3.05, 3.63) is 35.9 Å². The maximum absolute atomic E-state index is 11.9. The summed E-state index contributed by atoms with van der Waals surface area (Å²) in [6, 6.07) is 11.7. The van der Waals surface area contributed by atoms with Crippen molar-refractivity contribution in [1.82, 2.24) is 15.1 Å². The summed E-state index contributed by atoms with van der Waals surface area (Å²) < 4.78 is 0. The van der Waals surface area contributed by atoms with Crippen LogP contribution in [0.1, 0.15) is 25.3 Å². The molecule has 0 radical (unpaired) electrons. The van der Waals surface area contributed by atoms with Crippen LogP contribution in [-0.2, 0) is 6.42 Å². The van der Waals surface area contributed by atoms with E-state index in [2.05, 4.69) is 42.6 Å². The highest BCUT2D eigenvalue weighted by molar-refractivity contribution is 5.73. The number of nitrogens with one attached hydrogen (secondary N) is 1. The third-order valence-electron chi connectivity index (χ3n) is 4.05. The Morgan fingerprint density at radius 2 is 1.90 bits per heavy atom. The van der Waals surface area contributed by atoms with Gasteiger partial charge in [-0.2, -0.15) is 0 Å². The quantitative estimate of drug-likeness (QED) is 0.923. The first-order valence-electron chi connectivity index (χ1n) is 7.82. The van der Waals surface area contributed by atoms with Gasteiger partial charge >= 0.3 is 6.03 Å². The van der Waals surface area contributed by atoms with E-state index in [-0.39, 0.29) is 6.03 Å². The Balaban J connectivity index is 1.74. The van der Waals surface area contributed by atoms with E-state index < -0.39 is 0 Å². The van der Waals surface area contributed by atoms with Crippen LogP contribution >= 0.6 is 0 Å². The van der Waals surface area contributed by atoms with Crippen molar-refractivity contribution in [2.45, 2.75) is 38.3 Å². The monoisotopic (exact) mass is 289 g/mol. The molecule has 4 heteroatoms. The van der Waals surface area contributed by atoms with Crippen LogP contribution in [0.25, 0.3) is 0 Å². The van der Waals surface area contributed by atoms with Gasteiger partial charge in [0.25, 0.3) is 0 Å². The van der Waals surface area contributed by atoms with E-state index in [1.165, 1.54) is 5.56 Å². The fourth-order valence-electron chi connectivity index (χ4n) is 2.95. The van der Waals surface area contributed by atoms with Crippen molar-refractivity contribution in [3.8, 4) is 0 Å². The van der Waals surface area contributed by atoms with Crippen LogP contribution in [0.5, 0.6) is 0 Å². The van der Waals surface area contributed by atoms with Crippen LogP contribution in [0.2, 0.25) is 0 Å². The number of piperidine rings is 1. The summed E-state index contributed by atoms with van der Waals surface area (Å²) in [5, 5.41) is 3.70. The summed E-state index contributed by atoms with van der Waals surface area (Å²) in [6.45, 7) is 3.95. The fourth-order valence-corrected chi connectivity index (χ4v) is 2.95. The average molecular weight is 289 g/mol. The number of amides is 2. The average Bonchev–Trinajstić information content (AvgIpc) is 2.48. The van der Waals surface area contributed by atoms with Gasteiger partial charge in [-0.3, -0.25) is 0 Å². The maximum atomic E-state index is 11.9. The molecule has 0 aromatic heterocycles. The molecule has 0 saturated carbocycles. The Kier molecular flexibility index (Phi) is 5.62. The molecule has 1 heterocycles. The van der Waals surface area contributed by atoms with Gasteiger partial charge in [-0.1, -0.05) is 30.3 Å². The van der Waals surface area contributed by atoms with Crippen LogP contribution in [0.3, 0.4) is 0 Å². The highest BCUT2D eigenvalue weighted by Gasteiger charge is 2.24. The number of hydrogen-bond acceptors (Lipinski definition) is 2. The van der Waals surface area contributed by atoms with Crippen molar-refractivity contribution in [3.63, 3.8) is 0 Å². The zero-order valence-electron chi connectivity index (χ0n) is 13.4. The van der Waals surface area contributed by atoms with Crippen molar-refractivity contribution >= 4 is 6.03 Å². The molecule has 2 amide bonds. The number of benzene rings is 1. The Morgan fingerprint density at radius 3 is 2.48 bits per heavy atom. The van der Waals surface area contributed by atoms with Crippen molar-refractivity contribution < 1.29 is 4.79 Å². The first-order valence-corrected chi connectivity index (χ1v) is 7.82. The summed E-state index contributed by atoms with van der Waals surface area (Å²) in [6.07, 6.45) is 3.13. The van der Waals surface area contributed by atoms with E-state index in [0.29, 0.717) is 12.1 Å². The SMILES string of the molecule is CC(Cc1ccccc1)NC1CCN(C(=O)N(C)C)CC1. The van der Waals surface area contributed by atoms with Crippen LogP contribution in [0.4, 0.5) is 4.79 Å². The highest BCUT2D eigenvalue weighted by atomic mass is 16.2. The van der Waals surface area contributed by atoms with E-state index in [0.717, 1.165) is 32.4 Å². The van der Waals surface area contributed by atoms with Gasteiger partial charge in [0.05, 0.1) is 0 Å². The standard InChI is InChI=1S/C17H27N3O/c1-14(13-15-7-5-4-6-8-15)18-16-9-11-20(12-10-16)17(21)19(2)3/h4-8,14,16,18H,9-13H2,1-3H3. The lowest BCUT2D eigenvalue weighted by Gasteiger charge is -2.35. The van der Waals surface area contributed by atoms with E-state index in [4.69, 9.17) is 0 Å². The van der Waals surface area contributed by atoms with Crippen molar-refractivity contribution in [2.24, 2.45) is 0 Å². The second-order valence-corrected chi connectivity index (χ2v) is 6.20. The lowest BCUT2D eigenvalue weighted by Crippen LogP contribution is -2.49. The van der Waals surface area contributed by atoms with E-state index >= 15 is 0 Å². The predicted octanol–water partition coefficient (Wildman–Crippen LogP) is 2.35. The summed E-state index contributed by atoms with van der Waals surface area (Å²) in [5.41, 5.74) is 1.37. The smallest absolute Gasteiger partial charge is 0.319 e. The molecule has 1 aromatic rings. The number of carbonyl (C=O) groups is 1. The Bertz CT molecular complexity index is 439. The minimum atomic E-state index is 0.130. The summed E-state index contributed by atoms with van der Waals surface area (Å²) in [4.78, 5) is 15.5. The molecule has 0 aliphatic carbocycles. The normalized spacial score (nSPS) is 17.6. The summed E-state index contributed by atoms with van der Waals surface area (Å²) >= 11 is 0. The molecule has 116 valence electrons. The first-order chi connectivity index (χ1) is 10.1. The molecule has 1 aliphatic rings.